The first-order chi connectivity index (χ1) is 12.1. The zero-order valence-electron chi connectivity index (χ0n) is 14.6. The molecule has 0 radical (unpaired) electrons. The van der Waals surface area contributed by atoms with E-state index in [1.807, 2.05) is 30.0 Å². The molecule has 0 bridgehead atoms. The first-order valence-electron chi connectivity index (χ1n) is 8.82. The van der Waals surface area contributed by atoms with Gasteiger partial charge in [-0.3, -0.25) is 4.79 Å². The van der Waals surface area contributed by atoms with Gasteiger partial charge in [0.2, 0.25) is 0 Å². The van der Waals surface area contributed by atoms with Crippen molar-refractivity contribution in [1.82, 2.24) is 4.90 Å². The molecule has 0 aromatic heterocycles. The topological polar surface area (TPSA) is 29.5 Å². The summed E-state index contributed by atoms with van der Waals surface area (Å²) >= 11 is 3.47. The molecule has 1 amide bonds. The molecule has 132 valence electrons. The predicted octanol–water partition coefficient (Wildman–Crippen LogP) is 4.62. The largest absolute Gasteiger partial charge is 0.484 e. The average Bonchev–Trinajstić information content (AvgIpc) is 2.64. The van der Waals surface area contributed by atoms with E-state index in [1.54, 1.807) is 0 Å². The fourth-order valence-corrected chi connectivity index (χ4v) is 3.52. The van der Waals surface area contributed by atoms with Gasteiger partial charge in [-0.05, 0) is 61.4 Å². The third-order valence-electron chi connectivity index (χ3n) is 4.83. The van der Waals surface area contributed by atoms with Crippen LogP contribution in [0.2, 0.25) is 0 Å². The molecule has 25 heavy (non-hydrogen) atoms. The first kappa shape index (κ1) is 18.0. The molecule has 2 aromatic carbocycles. The van der Waals surface area contributed by atoms with Gasteiger partial charge in [-0.2, -0.15) is 0 Å². The number of likely N-dealkylation sites (tertiary alicyclic amines) is 1. The van der Waals surface area contributed by atoms with Gasteiger partial charge in [0.1, 0.15) is 5.75 Å². The van der Waals surface area contributed by atoms with Gasteiger partial charge >= 0.3 is 0 Å². The number of hydrogen-bond acceptors (Lipinski definition) is 2. The fourth-order valence-electron chi connectivity index (χ4n) is 3.28. The van der Waals surface area contributed by atoms with E-state index in [-0.39, 0.29) is 12.5 Å². The average molecular weight is 402 g/mol. The molecule has 0 unspecified atom stereocenters. The number of hydrogen-bond donors (Lipinski definition) is 0. The van der Waals surface area contributed by atoms with E-state index in [0.29, 0.717) is 5.92 Å². The van der Waals surface area contributed by atoms with Crippen molar-refractivity contribution < 1.29 is 9.53 Å². The van der Waals surface area contributed by atoms with Crippen LogP contribution in [0, 0.1) is 12.8 Å². The van der Waals surface area contributed by atoms with Crippen molar-refractivity contribution >= 4 is 21.8 Å². The lowest BCUT2D eigenvalue weighted by Gasteiger charge is -2.32. The lowest BCUT2D eigenvalue weighted by Crippen LogP contribution is -2.41. The van der Waals surface area contributed by atoms with E-state index in [4.69, 9.17) is 4.74 Å². The van der Waals surface area contributed by atoms with Crippen LogP contribution in [0.4, 0.5) is 0 Å². The number of halogens is 1. The number of aryl methyl sites for hydroxylation is 1. The minimum atomic E-state index is 0.0822. The smallest absolute Gasteiger partial charge is 0.260 e. The molecule has 1 aliphatic heterocycles. The molecule has 4 heteroatoms. The van der Waals surface area contributed by atoms with Gasteiger partial charge in [-0.15, -0.1) is 0 Å². The van der Waals surface area contributed by atoms with Crippen LogP contribution in [-0.2, 0) is 11.2 Å². The zero-order valence-corrected chi connectivity index (χ0v) is 16.2. The van der Waals surface area contributed by atoms with Crippen molar-refractivity contribution in [3.8, 4) is 5.75 Å². The Bertz CT molecular complexity index is 709. The van der Waals surface area contributed by atoms with Crippen molar-refractivity contribution in [2.24, 2.45) is 5.92 Å². The van der Waals surface area contributed by atoms with Crippen LogP contribution in [0.1, 0.15) is 24.0 Å². The van der Waals surface area contributed by atoms with Crippen molar-refractivity contribution in [1.29, 1.82) is 0 Å². The predicted molar refractivity (Wildman–Crippen MR) is 104 cm³/mol. The second-order valence-corrected chi connectivity index (χ2v) is 7.57. The summed E-state index contributed by atoms with van der Waals surface area (Å²) in [6.45, 7) is 3.79. The summed E-state index contributed by atoms with van der Waals surface area (Å²) in [5.41, 5.74) is 2.49. The lowest BCUT2D eigenvalue weighted by molar-refractivity contribution is -0.134. The number of carbonyl (C=O) groups excluding carboxylic acids is 1. The highest BCUT2D eigenvalue weighted by Gasteiger charge is 2.23. The van der Waals surface area contributed by atoms with Crippen LogP contribution >= 0.6 is 15.9 Å². The summed E-state index contributed by atoms with van der Waals surface area (Å²) in [7, 11) is 0. The van der Waals surface area contributed by atoms with E-state index < -0.39 is 0 Å². The molecular weight excluding hydrogens is 378 g/mol. The molecular formula is C21H24BrNO2. The number of carbonyl (C=O) groups is 1. The molecule has 3 rings (SSSR count). The summed E-state index contributed by atoms with van der Waals surface area (Å²) in [5, 5.41) is 0. The maximum absolute atomic E-state index is 12.4. The fraction of sp³-hybridized carbons (Fsp3) is 0.381. The van der Waals surface area contributed by atoms with Crippen LogP contribution in [0.15, 0.2) is 53.0 Å². The number of ether oxygens (including phenoxy) is 1. The summed E-state index contributed by atoms with van der Waals surface area (Å²) in [6, 6.07) is 16.4. The van der Waals surface area contributed by atoms with Gasteiger partial charge in [0.15, 0.2) is 6.61 Å². The molecule has 3 nitrogen and oxygen atoms in total. The Kier molecular flexibility index (Phi) is 6.14. The number of amides is 1. The van der Waals surface area contributed by atoms with E-state index in [0.717, 1.165) is 48.1 Å². The number of nitrogens with zero attached hydrogens (tertiary/aromatic N) is 1. The second-order valence-electron chi connectivity index (χ2n) is 6.71. The zero-order chi connectivity index (χ0) is 17.6. The Hall–Kier alpha value is -1.81. The maximum Gasteiger partial charge on any atom is 0.260 e. The highest BCUT2D eigenvalue weighted by atomic mass is 79.9. The van der Waals surface area contributed by atoms with Gasteiger partial charge in [-0.1, -0.05) is 46.3 Å². The number of benzene rings is 2. The normalized spacial score (nSPS) is 15.2. The van der Waals surface area contributed by atoms with Crippen LogP contribution in [0.3, 0.4) is 0 Å². The van der Waals surface area contributed by atoms with Crippen LogP contribution < -0.4 is 4.74 Å². The highest BCUT2D eigenvalue weighted by molar-refractivity contribution is 9.10. The summed E-state index contributed by atoms with van der Waals surface area (Å²) in [5.74, 6) is 1.49. The second kappa shape index (κ2) is 8.52. The molecule has 0 aliphatic carbocycles. The van der Waals surface area contributed by atoms with E-state index in [2.05, 4.69) is 46.3 Å². The van der Waals surface area contributed by atoms with Gasteiger partial charge in [0, 0.05) is 17.6 Å². The maximum atomic E-state index is 12.4. The quantitative estimate of drug-likeness (QED) is 0.731. The Balaban J connectivity index is 1.44. The SMILES string of the molecule is Cc1cc(OCC(=O)N2CCC(Cc3ccccc3)CC2)ccc1Br. The summed E-state index contributed by atoms with van der Waals surface area (Å²) < 4.78 is 6.72. The van der Waals surface area contributed by atoms with E-state index in [1.165, 1.54) is 5.56 Å². The van der Waals surface area contributed by atoms with Gasteiger partial charge < -0.3 is 9.64 Å². The Morgan fingerprint density at radius 3 is 2.56 bits per heavy atom. The van der Waals surface area contributed by atoms with Gasteiger partial charge in [-0.25, -0.2) is 0 Å². The van der Waals surface area contributed by atoms with Crippen molar-refractivity contribution in [3.63, 3.8) is 0 Å². The van der Waals surface area contributed by atoms with E-state index in [9.17, 15) is 4.79 Å². The standard InChI is InChI=1S/C21H24BrNO2/c1-16-13-19(7-8-20(16)22)25-15-21(24)23-11-9-18(10-12-23)14-17-5-3-2-4-6-17/h2-8,13,18H,9-12,14-15H2,1H3. The first-order valence-corrected chi connectivity index (χ1v) is 9.62. The molecule has 0 saturated carbocycles. The van der Waals surface area contributed by atoms with Crippen LogP contribution in [-0.4, -0.2) is 30.5 Å². The third kappa shape index (κ3) is 5.08. The van der Waals surface area contributed by atoms with E-state index >= 15 is 0 Å². The lowest BCUT2D eigenvalue weighted by atomic mass is 9.90. The number of piperidine rings is 1. The van der Waals surface area contributed by atoms with Crippen LogP contribution in [0.5, 0.6) is 5.75 Å². The summed E-state index contributed by atoms with van der Waals surface area (Å²) in [4.78, 5) is 14.3. The van der Waals surface area contributed by atoms with Crippen molar-refractivity contribution in [2.75, 3.05) is 19.7 Å². The molecule has 0 spiro atoms. The Labute approximate surface area is 158 Å². The third-order valence-corrected chi connectivity index (χ3v) is 5.72. The molecule has 0 N–H and O–H groups in total. The van der Waals surface area contributed by atoms with Gasteiger partial charge in [0.25, 0.3) is 5.91 Å². The Morgan fingerprint density at radius 2 is 1.88 bits per heavy atom. The molecule has 1 fully saturated rings. The summed E-state index contributed by atoms with van der Waals surface area (Å²) in [6.07, 6.45) is 3.24. The van der Waals surface area contributed by atoms with Gasteiger partial charge in [0.05, 0.1) is 0 Å². The Morgan fingerprint density at radius 1 is 1.16 bits per heavy atom. The van der Waals surface area contributed by atoms with Crippen molar-refractivity contribution in [2.45, 2.75) is 26.2 Å². The molecule has 1 aliphatic rings. The van der Waals surface area contributed by atoms with Crippen molar-refractivity contribution in [3.05, 3.63) is 64.1 Å². The molecule has 2 aromatic rings. The molecule has 1 saturated heterocycles. The number of rotatable bonds is 5. The monoisotopic (exact) mass is 401 g/mol. The molecule has 1 heterocycles. The minimum absolute atomic E-state index is 0.0822. The molecule has 0 atom stereocenters. The van der Waals surface area contributed by atoms with Crippen LogP contribution in [0.25, 0.3) is 0 Å². The minimum Gasteiger partial charge on any atom is -0.484 e. The highest BCUT2D eigenvalue weighted by Crippen LogP contribution is 2.23.